The van der Waals surface area contributed by atoms with Gasteiger partial charge < -0.3 is 14.6 Å². The number of rotatable bonds is 8. The first-order valence-electron chi connectivity index (χ1n) is 11.0. The zero-order valence-electron chi connectivity index (χ0n) is 18.4. The van der Waals surface area contributed by atoms with E-state index in [4.69, 9.17) is 16.0 Å². The number of aryl methyl sites for hydroxylation is 1. The number of hydrogen-bond donors (Lipinski definition) is 1. The molecule has 0 saturated carbocycles. The van der Waals surface area contributed by atoms with Crippen LogP contribution in [0.25, 0.3) is 11.3 Å². The van der Waals surface area contributed by atoms with Gasteiger partial charge in [0.25, 0.3) is 0 Å². The molecular formula is C25H29ClN4O2. The summed E-state index contributed by atoms with van der Waals surface area (Å²) in [4.78, 5) is 21.5. The maximum atomic E-state index is 12.3. The van der Waals surface area contributed by atoms with Crippen molar-refractivity contribution in [2.24, 2.45) is 0 Å². The normalized spacial score (nSPS) is 15.1. The Kier molecular flexibility index (Phi) is 7.58. The second-order valence-electron chi connectivity index (χ2n) is 8.27. The number of halogens is 1. The molecule has 6 nitrogen and oxygen atoms in total. The van der Waals surface area contributed by atoms with Gasteiger partial charge in [0.15, 0.2) is 11.7 Å². The van der Waals surface area contributed by atoms with Crippen LogP contribution in [-0.2, 0) is 24.3 Å². The summed E-state index contributed by atoms with van der Waals surface area (Å²) in [6.07, 6.45) is 2.42. The largest absolute Gasteiger partial charge is 0.441 e. The molecule has 1 saturated heterocycles. The number of hydrogen-bond acceptors (Lipinski definition) is 5. The van der Waals surface area contributed by atoms with E-state index in [2.05, 4.69) is 51.4 Å². The number of benzene rings is 2. The molecule has 2 heterocycles. The molecule has 32 heavy (non-hydrogen) atoms. The summed E-state index contributed by atoms with van der Waals surface area (Å²) in [5.74, 6) is 1.12. The fourth-order valence-electron chi connectivity index (χ4n) is 3.82. The zero-order chi connectivity index (χ0) is 22.3. The van der Waals surface area contributed by atoms with Crippen LogP contribution in [0.2, 0.25) is 5.02 Å². The molecule has 2 aromatic carbocycles. The lowest BCUT2D eigenvalue weighted by Gasteiger charge is -2.32. The molecular weight excluding hydrogens is 424 g/mol. The Hall–Kier alpha value is -2.67. The van der Waals surface area contributed by atoms with Gasteiger partial charge in [0.05, 0.1) is 11.2 Å². The monoisotopic (exact) mass is 452 g/mol. The number of amides is 1. The molecule has 0 aliphatic carbocycles. The fourth-order valence-corrected chi connectivity index (χ4v) is 4.05. The Morgan fingerprint density at radius 2 is 1.88 bits per heavy atom. The average Bonchev–Trinajstić information content (AvgIpc) is 3.27. The zero-order valence-corrected chi connectivity index (χ0v) is 19.1. The standard InChI is InChI=1S/C25H29ClN4O2/c1-29-11-13-30(14-12-29)18-20-6-4-5-19(15-20)16-27-24(31)9-10-25-28-17-23(32-25)21-7-2-3-8-22(21)26/h2-8,15,17H,9-14,16,18H2,1H3,(H,27,31). The smallest absolute Gasteiger partial charge is 0.220 e. The number of piperazine rings is 1. The molecule has 0 unspecified atom stereocenters. The van der Waals surface area contributed by atoms with Crippen LogP contribution in [0.4, 0.5) is 0 Å². The van der Waals surface area contributed by atoms with Gasteiger partial charge in [-0.25, -0.2) is 4.98 Å². The van der Waals surface area contributed by atoms with Crippen LogP contribution in [-0.4, -0.2) is 53.9 Å². The first kappa shape index (κ1) is 22.5. The van der Waals surface area contributed by atoms with Crippen LogP contribution in [0.5, 0.6) is 0 Å². The lowest BCUT2D eigenvalue weighted by molar-refractivity contribution is -0.121. The maximum absolute atomic E-state index is 12.3. The molecule has 4 rings (SSSR count). The molecule has 0 radical (unpaired) electrons. The van der Waals surface area contributed by atoms with E-state index in [-0.39, 0.29) is 5.91 Å². The number of carbonyl (C=O) groups excluding carboxylic acids is 1. The SMILES string of the molecule is CN1CCN(Cc2cccc(CNC(=O)CCc3ncc(-c4ccccc4Cl)o3)c2)CC1. The second-order valence-corrected chi connectivity index (χ2v) is 8.68. The molecule has 3 aromatic rings. The van der Waals surface area contributed by atoms with Crippen LogP contribution < -0.4 is 5.32 Å². The summed E-state index contributed by atoms with van der Waals surface area (Å²) < 4.78 is 5.78. The quantitative estimate of drug-likeness (QED) is 0.560. The lowest BCUT2D eigenvalue weighted by atomic mass is 10.1. The first-order chi connectivity index (χ1) is 15.6. The van der Waals surface area contributed by atoms with Gasteiger partial charge in [0, 0.05) is 57.7 Å². The van der Waals surface area contributed by atoms with Crippen LogP contribution in [0.15, 0.2) is 59.1 Å². The van der Waals surface area contributed by atoms with Crippen molar-refractivity contribution in [3.63, 3.8) is 0 Å². The highest BCUT2D eigenvalue weighted by atomic mass is 35.5. The topological polar surface area (TPSA) is 61.6 Å². The molecule has 1 aromatic heterocycles. The van der Waals surface area contributed by atoms with Crippen molar-refractivity contribution in [2.75, 3.05) is 33.2 Å². The average molecular weight is 453 g/mol. The fraction of sp³-hybridized carbons (Fsp3) is 0.360. The van der Waals surface area contributed by atoms with E-state index >= 15 is 0 Å². The van der Waals surface area contributed by atoms with Gasteiger partial charge in [-0.05, 0) is 30.3 Å². The van der Waals surface area contributed by atoms with E-state index in [0.29, 0.717) is 36.1 Å². The van der Waals surface area contributed by atoms with Crippen molar-refractivity contribution < 1.29 is 9.21 Å². The minimum atomic E-state index is -0.0213. The molecule has 1 amide bonds. The lowest BCUT2D eigenvalue weighted by Crippen LogP contribution is -2.43. The summed E-state index contributed by atoms with van der Waals surface area (Å²) >= 11 is 6.21. The van der Waals surface area contributed by atoms with E-state index in [1.54, 1.807) is 6.20 Å². The van der Waals surface area contributed by atoms with Gasteiger partial charge in [0.1, 0.15) is 0 Å². The molecule has 0 spiro atoms. The summed E-state index contributed by atoms with van der Waals surface area (Å²) in [5.41, 5.74) is 3.20. The second kappa shape index (κ2) is 10.8. The molecule has 1 fully saturated rings. The van der Waals surface area contributed by atoms with E-state index in [1.165, 1.54) is 5.56 Å². The minimum Gasteiger partial charge on any atom is -0.441 e. The van der Waals surface area contributed by atoms with Crippen molar-refractivity contribution in [3.8, 4) is 11.3 Å². The van der Waals surface area contributed by atoms with Crippen molar-refractivity contribution >= 4 is 17.5 Å². The molecule has 1 aliphatic rings. The maximum Gasteiger partial charge on any atom is 0.220 e. The predicted octanol–water partition coefficient (Wildman–Crippen LogP) is 3.99. The van der Waals surface area contributed by atoms with Gasteiger partial charge in [-0.3, -0.25) is 9.69 Å². The van der Waals surface area contributed by atoms with Crippen molar-refractivity contribution in [2.45, 2.75) is 25.9 Å². The van der Waals surface area contributed by atoms with Crippen molar-refractivity contribution in [1.29, 1.82) is 0 Å². The highest BCUT2D eigenvalue weighted by Gasteiger charge is 2.14. The Balaban J connectivity index is 1.24. The van der Waals surface area contributed by atoms with E-state index in [0.717, 1.165) is 43.9 Å². The third kappa shape index (κ3) is 6.19. The van der Waals surface area contributed by atoms with Crippen molar-refractivity contribution in [3.05, 3.63) is 76.8 Å². The Morgan fingerprint density at radius 1 is 1.09 bits per heavy atom. The molecule has 1 aliphatic heterocycles. The van der Waals surface area contributed by atoms with Crippen LogP contribution in [0.3, 0.4) is 0 Å². The summed E-state index contributed by atoms with van der Waals surface area (Å²) in [5, 5.41) is 3.62. The molecule has 168 valence electrons. The Labute approximate surface area is 194 Å². The highest BCUT2D eigenvalue weighted by molar-refractivity contribution is 6.33. The van der Waals surface area contributed by atoms with Crippen molar-refractivity contribution in [1.82, 2.24) is 20.1 Å². The van der Waals surface area contributed by atoms with E-state index in [9.17, 15) is 4.79 Å². The highest BCUT2D eigenvalue weighted by Crippen LogP contribution is 2.28. The summed E-state index contributed by atoms with van der Waals surface area (Å²) in [6, 6.07) is 15.9. The molecule has 1 N–H and O–H groups in total. The van der Waals surface area contributed by atoms with E-state index in [1.807, 2.05) is 24.3 Å². The number of carbonyl (C=O) groups is 1. The molecule has 0 atom stereocenters. The van der Waals surface area contributed by atoms with Crippen LogP contribution in [0.1, 0.15) is 23.4 Å². The van der Waals surface area contributed by atoms with Gasteiger partial charge in [0.2, 0.25) is 5.91 Å². The number of aromatic nitrogens is 1. The number of oxazole rings is 1. The van der Waals surface area contributed by atoms with E-state index < -0.39 is 0 Å². The summed E-state index contributed by atoms with van der Waals surface area (Å²) in [7, 11) is 2.17. The van der Waals surface area contributed by atoms with Gasteiger partial charge in [-0.1, -0.05) is 48.0 Å². The number of likely N-dealkylation sites (N-methyl/N-ethyl adjacent to an activating group) is 1. The van der Waals surface area contributed by atoms with Crippen LogP contribution in [0, 0.1) is 0 Å². The third-order valence-electron chi connectivity index (χ3n) is 5.74. The minimum absolute atomic E-state index is 0.0213. The van der Waals surface area contributed by atoms with Gasteiger partial charge >= 0.3 is 0 Å². The third-order valence-corrected chi connectivity index (χ3v) is 6.07. The summed E-state index contributed by atoms with van der Waals surface area (Å²) in [6.45, 7) is 5.88. The molecule has 7 heteroatoms. The van der Waals surface area contributed by atoms with Gasteiger partial charge in [-0.2, -0.15) is 0 Å². The Morgan fingerprint density at radius 3 is 2.69 bits per heavy atom. The molecule has 0 bridgehead atoms. The number of nitrogens with one attached hydrogen (secondary N) is 1. The Bertz CT molecular complexity index is 1040. The van der Waals surface area contributed by atoms with Crippen LogP contribution >= 0.6 is 11.6 Å². The first-order valence-corrected chi connectivity index (χ1v) is 11.4. The van der Waals surface area contributed by atoms with Gasteiger partial charge in [-0.15, -0.1) is 0 Å². The number of nitrogens with zero attached hydrogens (tertiary/aromatic N) is 3. The predicted molar refractivity (Wildman–Crippen MR) is 126 cm³/mol.